The summed E-state index contributed by atoms with van der Waals surface area (Å²) in [5.74, 6) is -0.724. The second-order valence-electron chi connectivity index (χ2n) is 12.1. The predicted octanol–water partition coefficient (Wildman–Crippen LogP) is 2.39. The summed E-state index contributed by atoms with van der Waals surface area (Å²) in [6.07, 6.45) is 3.03. The van der Waals surface area contributed by atoms with E-state index in [0.29, 0.717) is 23.9 Å². The lowest BCUT2D eigenvalue weighted by atomic mass is 9.71. The zero-order chi connectivity index (χ0) is 27.3. The number of rotatable bonds is 5. The van der Waals surface area contributed by atoms with Gasteiger partial charge >= 0.3 is 0 Å². The average Bonchev–Trinajstić information content (AvgIpc) is 3.29. The number of carbonyl (C=O) groups excluding carboxylic acids is 3. The van der Waals surface area contributed by atoms with Gasteiger partial charge in [-0.1, -0.05) is 18.2 Å². The summed E-state index contributed by atoms with van der Waals surface area (Å²) < 4.78 is 5.51. The molecule has 5 heterocycles. The number of morpholine rings is 1. The van der Waals surface area contributed by atoms with Gasteiger partial charge in [0.05, 0.1) is 13.2 Å². The molecule has 40 heavy (non-hydrogen) atoms. The summed E-state index contributed by atoms with van der Waals surface area (Å²) in [5.41, 5.74) is 5.84. The van der Waals surface area contributed by atoms with E-state index in [-0.39, 0.29) is 24.1 Å². The van der Waals surface area contributed by atoms with Gasteiger partial charge in [-0.15, -0.1) is 0 Å². The van der Waals surface area contributed by atoms with E-state index < -0.39 is 6.04 Å². The Bertz CT molecular complexity index is 1320. The zero-order valence-electron chi connectivity index (χ0n) is 22.9. The fraction of sp³-hybridized carbons (Fsp3) is 0.516. The first-order valence-corrected chi connectivity index (χ1v) is 14.6. The quantitative estimate of drug-likeness (QED) is 0.580. The maximum Gasteiger partial charge on any atom is 0.255 e. The van der Waals surface area contributed by atoms with Crippen molar-refractivity contribution in [2.24, 2.45) is 5.41 Å². The number of nitrogens with one attached hydrogen (secondary N) is 1. The minimum atomic E-state index is -0.577. The summed E-state index contributed by atoms with van der Waals surface area (Å²) in [7, 11) is 0. The predicted molar refractivity (Wildman–Crippen MR) is 151 cm³/mol. The van der Waals surface area contributed by atoms with Gasteiger partial charge in [-0.3, -0.25) is 24.6 Å². The Kier molecular flexibility index (Phi) is 6.51. The van der Waals surface area contributed by atoms with E-state index in [1.165, 1.54) is 24.1 Å². The van der Waals surface area contributed by atoms with Crippen LogP contribution >= 0.6 is 0 Å². The third kappa shape index (κ3) is 4.65. The van der Waals surface area contributed by atoms with Crippen LogP contribution < -0.4 is 15.1 Å². The highest BCUT2D eigenvalue weighted by Crippen LogP contribution is 2.45. The lowest BCUT2D eigenvalue weighted by Crippen LogP contribution is -2.60. The monoisotopic (exact) mass is 543 g/mol. The van der Waals surface area contributed by atoms with Gasteiger partial charge in [0.15, 0.2) is 0 Å². The molecule has 0 aliphatic carbocycles. The molecule has 0 saturated carbocycles. The molecule has 1 spiro atoms. The van der Waals surface area contributed by atoms with Crippen LogP contribution in [0.5, 0.6) is 0 Å². The summed E-state index contributed by atoms with van der Waals surface area (Å²) in [4.78, 5) is 46.4. The second-order valence-corrected chi connectivity index (χ2v) is 12.1. The zero-order valence-corrected chi connectivity index (χ0v) is 22.9. The first kappa shape index (κ1) is 25.5. The Morgan fingerprint density at radius 1 is 0.925 bits per heavy atom. The number of hydrogen-bond donors (Lipinski definition) is 1. The Hall–Kier alpha value is -3.43. The van der Waals surface area contributed by atoms with Crippen LogP contribution in [0.15, 0.2) is 42.5 Å². The lowest BCUT2D eigenvalue weighted by molar-refractivity contribution is -0.136. The molecular weight excluding hydrogens is 506 g/mol. The van der Waals surface area contributed by atoms with Crippen LogP contribution in [0.1, 0.15) is 47.2 Å². The molecule has 210 valence electrons. The average molecular weight is 544 g/mol. The summed E-state index contributed by atoms with van der Waals surface area (Å²) >= 11 is 0. The molecule has 0 radical (unpaired) electrons. The topological polar surface area (TPSA) is 85.4 Å². The van der Waals surface area contributed by atoms with Crippen molar-refractivity contribution in [1.82, 2.24) is 15.1 Å². The van der Waals surface area contributed by atoms with Crippen molar-refractivity contribution in [3.8, 4) is 0 Å². The summed E-state index contributed by atoms with van der Waals surface area (Å²) in [5, 5.41) is 2.40. The van der Waals surface area contributed by atoms with Gasteiger partial charge in [-0.05, 0) is 62.2 Å². The van der Waals surface area contributed by atoms with Crippen LogP contribution in [0.4, 0.5) is 11.4 Å². The van der Waals surface area contributed by atoms with Gasteiger partial charge < -0.3 is 19.4 Å². The number of likely N-dealkylation sites (tertiary alicyclic amines) is 1. The number of carbonyl (C=O) groups is 3. The standard InChI is InChI=1S/C31H37N5O4/c37-28-8-7-27(29(38)32-28)36-19-25-24(30(36)39)5-2-6-26(25)35-20-31(21-35)9-11-33(12-10-31)18-22-3-1-4-23(17-22)34-13-15-40-16-14-34/h1-6,17,27H,7-16,18-21H2,(H,32,37,38). The van der Waals surface area contributed by atoms with E-state index in [1.54, 1.807) is 4.90 Å². The number of benzene rings is 2. The second kappa shape index (κ2) is 10.2. The first-order chi connectivity index (χ1) is 19.5. The molecule has 5 aliphatic rings. The van der Waals surface area contributed by atoms with E-state index in [2.05, 4.69) is 50.3 Å². The normalized spacial score (nSPS) is 24.8. The van der Waals surface area contributed by atoms with Crippen molar-refractivity contribution in [2.75, 3.05) is 62.3 Å². The van der Waals surface area contributed by atoms with Crippen molar-refractivity contribution >= 4 is 29.1 Å². The number of ether oxygens (including phenoxy) is 1. The molecule has 0 aromatic heterocycles. The van der Waals surface area contributed by atoms with Crippen LogP contribution in [0.3, 0.4) is 0 Å². The van der Waals surface area contributed by atoms with Crippen LogP contribution in [0.25, 0.3) is 0 Å². The van der Waals surface area contributed by atoms with Gasteiger partial charge in [-0.2, -0.15) is 0 Å². The number of nitrogens with zero attached hydrogens (tertiary/aromatic N) is 4. The third-order valence-corrected chi connectivity index (χ3v) is 9.56. The minimum absolute atomic E-state index is 0.104. The highest BCUT2D eigenvalue weighted by molar-refractivity contribution is 6.06. The lowest BCUT2D eigenvalue weighted by Gasteiger charge is -2.55. The van der Waals surface area contributed by atoms with Gasteiger partial charge in [0.25, 0.3) is 5.91 Å². The molecule has 4 fully saturated rings. The van der Waals surface area contributed by atoms with Crippen molar-refractivity contribution in [1.29, 1.82) is 0 Å². The molecule has 4 saturated heterocycles. The largest absolute Gasteiger partial charge is 0.378 e. The third-order valence-electron chi connectivity index (χ3n) is 9.56. The molecule has 2 aromatic carbocycles. The highest BCUT2D eigenvalue weighted by Gasteiger charge is 2.47. The Balaban J connectivity index is 0.961. The molecule has 7 rings (SSSR count). The van der Waals surface area contributed by atoms with Crippen LogP contribution in [-0.2, 0) is 27.4 Å². The van der Waals surface area contributed by atoms with Gasteiger partial charge in [0.1, 0.15) is 6.04 Å². The van der Waals surface area contributed by atoms with E-state index >= 15 is 0 Å². The first-order valence-electron chi connectivity index (χ1n) is 14.6. The van der Waals surface area contributed by atoms with Gasteiger partial charge in [0.2, 0.25) is 11.8 Å². The van der Waals surface area contributed by atoms with Crippen molar-refractivity contribution < 1.29 is 19.1 Å². The number of hydrogen-bond acceptors (Lipinski definition) is 7. The maximum atomic E-state index is 13.2. The number of imide groups is 1. The molecule has 0 bridgehead atoms. The SMILES string of the molecule is O=C1CCC(N2Cc3c(cccc3N3CC4(CCN(Cc5cccc(N6CCOCC6)c5)CC4)C3)C2=O)C(=O)N1. The number of fused-ring (bicyclic) bond motifs is 1. The smallest absolute Gasteiger partial charge is 0.255 e. The molecule has 1 unspecified atom stereocenters. The van der Waals surface area contributed by atoms with E-state index in [1.807, 2.05) is 12.1 Å². The van der Waals surface area contributed by atoms with E-state index in [9.17, 15) is 14.4 Å². The van der Waals surface area contributed by atoms with Crippen LogP contribution in [-0.4, -0.2) is 86.0 Å². The number of amides is 3. The Morgan fingerprint density at radius 2 is 1.70 bits per heavy atom. The van der Waals surface area contributed by atoms with E-state index in [4.69, 9.17) is 4.74 Å². The highest BCUT2D eigenvalue weighted by atomic mass is 16.5. The van der Waals surface area contributed by atoms with E-state index in [0.717, 1.165) is 70.3 Å². The summed E-state index contributed by atoms with van der Waals surface area (Å²) in [6.45, 7) is 9.16. The number of anilines is 2. The van der Waals surface area contributed by atoms with Crippen molar-refractivity contribution in [2.45, 2.75) is 44.8 Å². The maximum absolute atomic E-state index is 13.2. The van der Waals surface area contributed by atoms with Crippen molar-refractivity contribution in [3.63, 3.8) is 0 Å². The molecule has 2 aromatic rings. The summed E-state index contributed by atoms with van der Waals surface area (Å²) in [6, 6.07) is 14.3. The Morgan fingerprint density at radius 3 is 2.48 bits per heavy atom. The fourth-order valence-corrected chi connectivity index (χ4v) is 7.23. The fourth-order valence-electron chi connectivity index (χ4n) is 7.23. The molecule has 9 nitrogen and oxygen atoms in total. The van der Waals surface area contributed by atoms with Crippen LogP contribution in [0.2, 0.25) is 0 Å². The molecule has 5 aliphatic heterocycles. The number of piperidine rings is 2. The Labute approximate surface area is 235 Å². The molecule has 1 N–H and O–H groups in total. The molecule has 9 heteroatoms. The molecule has 1 atom stereocenters. The van der Waals surface area contributed by atoms with Gasteiger partial charge in [0, 0.05) is 73.6 Å². The minimum Gasteiger partial charge on any atom is -0.378 e. The van der Waals surface area contributed by atoms with Crippen molar-refractivity contribution in [3.05, 3.63) is 59.2 Å². The molecule has 3 amide bonds. The molecular formula is C31H37N5O4. The van der Waals surface area contributed by atoms with Gasteiger partial charge in [-0.25, -0.2) is 0 Å². The van der Waals surface area contributed by atoms with Crippen LogP contribution in [0, 0.1) is 5.41 Å².